The first-order chi connectivity index (χ1) is 15.4. The van der Waals surface area contributed by atoms with Gasteiger partial charge in [-0.05, 0) is 87.0 Å². The molecule has 1 heteroatoms. The predicted molar refractivity (Wildman–Crippen MR) is 129 cm³/mol. The fourth-order valence-corrected chi connectivity index (χ4v) is 6.13. The summed E-state index contributed by atoms with van der Waals surface area (Å²) in [5.74, 6) is 0. The average Bonchev–Trinajstić information content (AvgIpc) is 3.52. The highest BCUT2D eigenvalue weighted by atomic mass is 14.9. The smallest absolute Gasteiger partial charge is 0.0535 e. The van der Waals surface area contributed by atoms with E-state index in [0.717, 1.165) is 12.8 Å². The first-order valence-electron chi connectivity index (χ1n) is 11.0. The normalized spacial score (nSPS) is 13.5. The van der Waals surface area contributed by atoms with E-state index in [2.05, 4.69) is 95.5 Å². The molecule has 0 fully saturated rings. The van der Waals surface area contributed by atoms with E-state index in [1.165, 1.54) is 71.7 Å². The van der Waals surface area contributed by atoms with Crippen molar-refractivity contribution in [3.05, 3.63) is 113 Å². The van der Waals surface area contributed by atoms with Crippen LogP contribution in [-0.2, 0) is 12.8 Å². The molecule has 0 saturated heterocycles. The zero-order valence-electron chi connectivity index (χ0n) is 17.0. The van der Waals surface area contributed by atoms with Crippen LogP contribution in [0.2, 0.25) is 0 Å². The molecule has 2 heterocycles. The van der Waals surface area contributed by atoms with Gasteiger partial charge in [0.25, 0.3) is 0 Å². The molecule has 0 bridgehead atoms. The molecule has 0 atom stereocenters. The Hall–Kier alpha value is -3.84. The number of hydrogen-bond donors (Lipinski definition) is 0. The standard InChI is InChI=1S/C30H19N/c1-2-7-21-18(6-1)14-19-15-20-16-27-22(26(20)17-25(19)21)11-12-24-29-10-5-13-31(29)28-9-4-3-8-23(28)30(24)27/h1-13,15,17H,14,16H2. The van der Waals surface area contributed by atoms with Crippen LogP contribution in [-0.4, -0.2) is 4.40 Å². The molecule has 1 nitrogen and oxygen atoms in total. The van der Waals surface area contributed by atoms with Gasteiger partial charge < -0.3 is 4.40 Å². The number of hydrogen-bond acceptors (Lipinski definition) is 0. The van der Waals surface area contributed by atoms with Gasteiger partial charge in [0, 0.05) is 17.0 Å². The second-order valence-corrected chi connectivity index (χ2v) is 8.97. The van der Waals surface area contributed by atoms with Crippen molar-refractivity contribution in [1.82, 2.24) is 4.40 Å². The summed E-state index contributed by atoms with van der Waals surface area (Å²) in [5, 5.41) is 4.13. The maximum atomic E-state index is 2.48. The first-order valence-corrected chi connectivity index (χ1v) is 11.0. The molecule has 0 aliphatic heterocycles. The molecule has 0 saturated carbocycles. The lowest BCUT2D eigenvalue weighted by Crippen LogP contribution is -1.92. The van der Waals surface area contributed by atoms with Gasteiger partial charge in [-0.25, -0.2) is 0 Å². The van der Waals surface area contributed by atoms with Crippen LogP contribution >= 0.6 is 0 Å². The van der Waals surface area contributed by atoms with Gasteiger partial charge in [-0.3, -0.25) is 0 Å². The fraction of sp³-hybridized carbons (Fsp3) is 0.0667. The molecule has 2 aliphatic rings. The Bertz CT molecular complexity index is 1730. The highest BCUT2D eigenvalue weighted by Crippen LogP contribution is 2.47. The van der Waals surface area contributed by atoms with E-state index in [1.54, 1.807) is 0 Å². The van der Waals surface area contributed by atoms with Gasteiger partial charge >= 0.3 is 0 Å². The van der Waals surface area contributed by atoms with Crippen molar-refractivity contribution >= 4 is 27.2 Å². The topological polar surface area (TPSA) is 4.41 Å². The Morgan fingerprint density at radius 2 is 1.26 bits per heavy atom. The molecule has 0 unspecified atom stereocenters. The monoisotopic (exact) mass is 393 g/mol. The Kier molecular flexibility index (Phi) is 2.80. The summed E-state index contributed by atoms with van der Waals surface area (Å²) >= 11 is 0. The maximum absolute atomic E-state index is 2.48. The molecular weight excluding hydrogens is 374 g/mol. The molecular formula is C30H19N. The van der Waals surface area contributed by atoms with Crippen LogP contribution in [0.4, 0.5) is 0 Å². The van der Waals surface area contributed by atoms with E-state index < -0.39 is 0 Å². The number of benzene rings is 4. The second-order valence-electron chi connectivity index (χ2n) is 8.97. The van der Waals surface area contributed by atoms with Crippen molar-refractivity contribution in [1.29, 1.82) is 0 Å². The summed E-state index contributed by atoms with van der Waals surface area (Å²) in [4.78, 5) is 0. The Labute approximate surface area is 180 Å². The Morgan fingerprint density at radius 3 is 2.23 bits per heavy atom. The van der Waals surface area contributed by atoms with Gasteiger partial charge in [0.05, 0.1) is 11.0 Å². The lowest BCUT2D eigenvalue weighted by atomic mass is 9.95. The highest BCUT2D eigenvalue weighted by molar-refractivity contribution is 6.16. The summed E-state index contributed by atoms with van der Waals surface area (Å²) in [6.45, 7) is 0. The third-order valence-corrected chi connectivity index (χ3v) is 7.45. The Balaban J connectivity index is 1.47. The van der Waals surface area contributed by atoms with Crippen LogP contribution in [0.15, 0.2) is 91.1 Å². The third-order valence-electron chi connectivity index (χ3n) is 7.45. The van der Waals surface area contributed by atoms with E-state index in [-0.39, 0.29) is 0 Å². The minimum Gasteiger partial charge on any atom is -0.316 e. The van der Waals surface area contributed by atoms with Crippen molar-refractivity contribution in [3.63, 3.8) is 0 Å². The SMILES string of the molecule is c1ccc2c(c1)Cc1cc3c(cc1-2)-c1ccc2c(c1C3)c1ccccc1n1cccc21. The molecule has 0 spiro atoms. The van der Waals surface area contributed by atoms with Crippen LogP contribution in [0.1, 0.15) is 22.3 Å². The fourth-order valence-electron chi connectivity index (χ4n) is 6.13. The summed E-state index contributed by atoms with van der Waals surface area (Å²) in [7, 11) is 0. The van der Waals surface area contributed by atoms with Crippen LogP contribution in [0, 0.1) is 0 Å². The van der Waals surface area contributed by atoms with Crippen LogP contribution in [0.5, 0.6) is 0 Å². The van der Waals surface area contributed by atoms with Crippen molar-refractivity contribution in [2.45, 2.75) is 12.8 Å². The van der Waals surface area contributed by atoms with E-state index in [1.807, 2.05) is 0 Å². The lowest BCUT2D eigenvalue weighted by molar-refractivity contribution is 1.22. The molecule has 4 aromatic carbocycles. The number of aromatic nitrogens is 1. The molecule has 2 aromatic heterocycles. The largest absolute Gasteiger partial charge is 0.316 e. The maximum Gasteiger partial charge on any atom is 0.0535 e. The summed E-state index contributed by atoms with van der Waals surface area (Å²) < 4.78 is 2.33. The van der Waals surface area contributed by atoms with Crippen LogP contribution in [0.25, 0.3) is 49.4 Å². The van der Waals surface area contributed by atoms with Gasteiger partial charge in [-0.15, -0.1) is 0 Å². The number of para-hydroxylation sites is 1. The van der Waals surface area contributed by atoms with E-state index in [0.29, 0.717) is 0 Å². The van der Waals surface area contributed by atoms with Crippen molar-refractivity contribution < 1.29 is 0 Å². The Morgan fingerprint density at radius 1 is 0.516 bits per heavy atom. The third kappa shape index (κ3) is 1.92. The van der Waals surface area contributed by atoms with Gasteiger partial charge in [-0.2, -0.15) is 0 Å². The molecule has 0 amide bonds. The van der Waals surface area contributed by atoms with Crippen molar-refractivity contribution in [2.24, 2.45) is 0 Å². The minimum absolute atomic E-state index is 1.02. The number of fused-ring (bicyclic) bond motifs is 13. The van der Waals surface area contributed by atoms with E-state index in [4.69, 9.17) is 0 Å². The van der Waals surface area contributed by atoms with Crippen molar-refractivity contribution in [3.8, 4) is 22.3 Å². The summed E-state index contributed by atoms with van der Waals surface area (Å²) in [6.07, 6.45) is 4.26. The van der Waals surface area contributed by atoms with E-state index >= 15 is 0 Å². The molecule has 8 rings (SSSR count). The van der Waals surface area contributed by atoms with E-state index in [9.17, 15) is 0 Å². The summed E-state index contributed by atoms with van der Waals surface area (Å²) in [5.41, 5.74) is 14.2. The van der Waals surface area contributed by atoms with Crippen LogP contribution in [0.3, 0.4) is 0 Å². The molecule has 2 aliphatic carbocycles. The minimum atomic E-state index is 1.02. The molecule has 31 heavy (non-hydrogen) atoms. The van der Waals surface area contributed by atoms with Gasteiger partial charge in [0.2, 0.25) is 0 Å². The zero-order chi connectivity index (χ0) is 20.1. The highest BCUT2D eigenvalue weighted by Gasteiger charge is 2.27. The van der Waals surface area contributed by atoms with Crippen molar-refractivity contribution in [2.75, 3.05) is 0 Å². The predicted octanol–water partition coefficient (Wildman–Crippen LogP) is 7.39. The number of rotatable bonds is 0. The average molecular weight is 393 g/mol. The van der Waals surface area contributed by atoms with Crippen LogP contribution < -0.4 is 0 Å². The molecule has 144 valence electrons. The summed E-state index contributed by atoms with van der Waals surface area (Å²) in [6, 6.07) is 31.8. The second kappa shape index (κ2) is 5.44. The molecule has 0 N–H and O–H groups in total. The first kappa shape index (κ1) is 15.9. The number of nitrogens with zero attached hydrogens (tertiary/aromatic N) is 1. The quantitative estimate of drug-likeness (QED) is 0.237. The van der Waals surface area contributed by atoms with Gasteiger partial charge in [0.15, 0.2) is 0 Å². The van der Waals surface area contributed by atoms with Gasteiger partial charge in [0.1, 0.15) is 0 Å². The molecule has 6 aromatic rings. The van der Waals surface area contributed by atoms with Gasteiger partial charge in [-0.1, -0.05) is 60.7 Å². The zero-order valence-corrected chi connectivity index (χ0v) is 17.0. The lowest BCUT2D eigenvalue weighted by Gasteiger charge is -2.13. The number of pyridine rings is 1. The molecule has 0 radical (unpaired) electrons.